The third kappa shape index (κ3) is 8.41. The number of hydrogen-bond donors (Lipinski definition) is 0. The first-order chi connectivity index (χ1) is 9.17. The van der Waals surface area contributed by atoms with E-state index in [0.29, 0.717) is 19.6 Å². The van der Waals surface area contributed by atoms with Gasteiger partial charge < -0.3 is 9.47 Å². The van der Waals surface area contributed by atoms with Crippen LogP contribution in [0, 0.1) is 5.92 Å². The van der Waals surface area contributed by atoms with Crippen molar-refractivity contribution in [3.05, 3.63) is 12.7 Å². The fourth-order valence-corrected chi connectivity index (χ4v) is 1.58. The Morgan fingerprint density at radius 2 is 1.58 bits per heavy atom. The number of ether oxygens (including phenoxy) is 2. The summed E-state index contributed by atoms with van der Waals surface area (Å²) in [5.74, 6) is -1.69. The Morgan fingerprint density at radius 3 is 2.00 bits per heavy atom. The van der Waals surface area contributed by atoms with Crippen molar-refractivity contribution >= 4 is 11.9 Å². The summed E-state index contributed by atoms with van der Waals surface area (Å²) in [6.45, 7) is 8.18. The van der Waals surface area contributed by atoms with Gasteiger partial charge in [0.2, 0.25) is 0 Å². The maximum Gasteiger partial charge on any atom is 0.320 e. The van der Waals surface area contributed by atoms with Gasteiger partial charge in [0.05, 0.1) is 13.2 Å². The first-order valence-corrected chi connectivity index (χ1v) is 7.11. The second-order valence-electron chi connectivity index (χ2n) is 4.46. The molecule has 0 saturated heterocycles. The summed E-state index contributed by atoms with van der Waals surface area (Å²) in [7, 11) is 0. The van der Waals surface area contributed by atoms with E-state index in [9.17, 15) is 9.59 Å². The van der Waals surface area contributed by atoms with Crippen LogP contribution in [0.3, 0.4) is 0 Å². The predicted molar refractivity (Wildman–Crippen MR) is 74.7 cm³/mol. The van der Waals surface area contributed by atoms with Gasteiger partial charge in [0.25, 0.3) is 0 Å². The van der Waals surface area contributed by atoms with Crippen molar-refractivity contribution in [3.63, 3.8) is 0 Å². The first-order valence-electron chi connectivity index (χ1n) is 7.11. The van der Waals surface area contributed by atoms with E-state index in [0.717, 1.165) is 32.1 Å². The topological polar surface area (TPSA) is 52.6 Å². The summed E-state index contributed by atoms with van der Waals surface area (Å²) in [6.07, 6.45) is 6.42. The second-order valence-corrected chi connectivity index (χ2v) is 4.46. The lowest BCUT2D eigenvalue weighted by Crippen LogP contribution is -2.28. The Balaban J connectivity index is 4.31. The highest BCUT2D eigenvalue weighted by atomic mass is 16.6. The molecule has 0 bridgehead atoms. The summed E-state index contributed by atoms with van der Waals surface area (Å²) >= 11 is 0. The van der Waals surface area contributed by atoms with Crippen LogP contribution in [0.25, 0.3) is 0 Å². The molecule has 0 aromatic heterocycles. The standard InChI is InChI=1S/C15H26O4/c1-4-7-8-9-10-13(14(16)18-11-5-2)15(17)19-12-6-3/h4,13H,1,5-12H2,2-3H3. The van der Waals surface area contributed by atoms with E-state index >= 15 is 0 Å². The number of carbonyl (C=O) groups excluding carboxylic acids is 2. The molecule has 0 rings (SSSR count). The van der Waals surface area contributed by atoms with Crippen LogP contribution in [0.5, 0.6) is 0 Å². The Hall–Kier alpha value is -1.32. The van der Waals surface area contributed by atoms with E-state index in [1.165, 1.54) is 0 Å². The number of carbonyl (C=O) groups is 2. The number of esters is 2. The molecule has 0 amide bonds. The van der Waals surface area contributed by atoms with Crippen LogP contribution < -0.4 is 0 Å². The number of hydrogen-bond acceptors (Lipinski definition) is 4. The van der Waals surface area contributed by atoms with Gasteiger partial charge in [-0.1, -0.05) is 26.3 Å². The molecule has 0 unspecified atom stereocenters. The summed E-state index contributed by atoms with van der Waals surface area (Å²) in [5.41, 5.74) is 0. The normalized spacial score (nSPS) is 10.3. The average Bonchev–Trinajstić information content (AvgIpc) is 2.42. The SMILES string of the molecule is C=CCCCCC(C(=O)OCCC)C(=O)OCCC. The molecule has 19 heavy (non-hydrogen) atoms. The van der Waals surface area contributed by atoms with Crippen molar-refractivity contribution in [1.29, 1.82) is 0 Å². The molecule has 0 aliphatic carbocycles. The molecule has 0 heterocycles. The van der Waals surface area contributed by atoms with E-state index in [2.05, 4.69) is 6.58 Å². The Labute approximate surface area is 116 Å². The molecule has 0 N–H and O–H groups in total. The molecule has 4 nitrogen and oxygen atoms in total. The van der Waals surface area contributed by atoms with Crippen LogP contribution in [0.4, 0.5) is 0 Å². The van der Waals surface area contributed by atoms with E-state index in [1.54, 1.807) is 0 Å². The van der Waals surface area contributed by atoms with Crippen molar-refractivity contribution in [2.24, 2.45) is 5.92 Å². The number of allylic oxidation sites excluding steroid dienone is 1. The molecule has 0 aromatic carbocycles. The third-order valence-electron chi connectivity index (χ3n) is 2.62. The van der Waals surface area contributed by atoms with Crippen molar-refractivity contribution < 1.29 is 19.1 Å². The van der Waals surface area contributed by atoms with Crippen LogP contribution in [-0.2, 0) is 19.1 Å². The molecular formula is C15H26O4. The second kappa shape index (κ2) is 11.8. The van der Waals surface area contributed by atoms with Crippen LogP contribution in [0.1, 0.15) is 52.4 Å². The third-order valence-corrected chi connectivity index (χ3v) is 2.62. The van der Waals surface area contributed by atoms with Crippen LogP contribution >= 0.6 is 0 Å². The highest BCUT2D eigenvalue weighted by Gasteiger charge is 2.28. The largest absolute Gasteiger partial charge is 0.465 e. The molecule has 0 atom stereocenters. The Bertz CT molecular complexity index is 253. The molecule has 0 aromatic rings. The molecule has 4 heteroatoms. The van der Waals surface area contributed by atoms with E-state index in [1.807, 2.05) is 19.9 Å². The zero-order valence-electron chi connectivity index (χ0n) is 12.2. The summed E-state index contributed by atoms with van der Waals surface area (Å²) in [6, 6.07) is 0. The summed E-state index contributed by atoms with van der Waals surface area (Å²) in [4.78, 5) is 23.7. The monoisotopic (exact) mass is 270 g/mol. The lowest BCUT2D eigenvalue weighted by molar-refractivity contribution is -0.162. The van der Waals surface area contributed by atoms with Gasteiger partial charge >= 0.3 is 11.9 Å². The summed E-state index contributed by atoms with van der Waals surface area (Å²) < 4.78 is 10.1. The highest BCUT2D eigenvalue weighted by Crippen LogP contribution is 2.14. The van der Waals surface area contributed by atoms with Gasteiger partial charge in [-0.3, -0.25) is 9.59 Å². The van der Waals surface area contributed by atoms with Crippen LogP contribution in [-0.4, -0.2) is 25.2 Å². The van der Waals surface area contributed by atoms with Crippen molar-refractivity contribution in [2.75, 3.05) is 13.2 Å². The van der Waals surface area contributed by atoms with Crippen LogP contribution in [0.2, 0.25) is 0 Å². The van der Waals surface area contributed by atoms with Gasteiger partial charge in [-0.05, 0) is 32.1 Å². The molecule has 0 fully saturated rings. The fourth-order valence-electron chi connectivity index (χ4n) is 1.58. The quantitative estimate of drug-likeness (QED) is 0.250. The predicted octanol–water partition coefficient (Wildman–Crippen LogP) is 3.26. The van der Waals surface area contributed by atoms with Gasteiger partial charge in [-0.2, -0.15) is 0 Å². The number of unbranched alkanes of at least 4 members (excludes halogenated alkanes) is 2. The van der Waals surface area contributed by atoms with E-state index in [-0.39, 0.29) is 0 Å². The van der Waals surface area contributed by atoms with E-state index < -0.39 is 17.9 Å². The molecular weight excluding hydrogens is 244 g/mol. The highest BCUT2D eigenvalue weighted by molar-refractivity contribution is 5.94. The van der Waals surface area contributed by atoms with Crippen molar-refractivity contribution in [1.82, 2.24) is 0 Å². The lowest BCUT2D eigenvalue weighted by Gasteiger charge is -2.14. The maximum atomic E-state index is 11.8. The van der Waals surface area contributed by atoms with Gasteiger partial charge in [-0.15, -0.1) is 6.58 Å². The van der Waals surface area contributed by atoms with Crippen molar-refractivity contribution in [2.45, 2.75) is 52.4 Å². The smallest absolute Gasteiger partial charge is 0.320 e. The van der Waals surface area contributed by atoms with Gasteiger partial charge in [-0.25, -0.2) is 0 Å². The molecule has 0 radical (unpaired) electrons. The minimum Gasteiger partial charge on any atom is -0.465 e. The lowest BCUT2D eigenvalue weighted by atomic mass is 10.0. The Morgan fingerprint density at radius 1 is 1.05 bits per heavy atom. The Kier molecular flexibility index (Phi) is 10.9. The van der Waals surface area contributed by atoms with Gasteiger partial charge in [0.1, 0.15) is 0 Å². The zero-order chi connectivity index (χ0) is 14.5. The maximum absolute atomic E-state index is 11.8. The fraction of sp³-hybridized carbons (Fsp3) is 0.733. The van der Waals surface area contributed by atoms with Crippen molar-refractivity contribution in [3.8, 4) is 0 Å². The molecule has 0 saturated carbocycles. The summed E-state index contributed by atoms with van der Waals surface area (Å²) in [5, 5.41) is 0. The average molecular weight is 270 g/mol. The minimum atomic E-state index is -0.775. The molecule has 110 valence electrons. The molecule has 0 aliphatic heterocycles. The van der Waals surface area contributed by atoms with Gasteiger partial charge in [0.15, 0.2) is 5.92 Å². The molecule has 0 spiro atoms. The molecule has 0 aliphatic rings. The zero-order valence-corrected chi connectivity index (χ0v) is 12.2. The van der Waals surface area contributed by atoms with E-state index in [4.69, 9.17) is 9.47 Å². The first kappa shape index (κ1) is 17.7. The number of rotatable bonds is 11. The minimum absolute atomic E-state index is 0.350. The van der Waals surface area contributed by atoms with Gasteiger partial charge in [0, 0.05) is 0 Å². The van der Waals surface area contributed by atoms with Crippen LogP contribution in [0.15, 0.2) is 12.7 Å².